The molecule has 0 radical (unpaired) electrons. The van der Waals surface area contributed by atoms with Gasteiger partial charge in [0.15, 0.2) is 0 Å². The van der Waals surface area contributed by atoms with Crippen LogP contribution in [0.1, 0.15) is 16.7 Å². The Labute approximate surface area is 120 Å². The third-order valence-electron chi connectivity index (χ3n) is 3.31. The van der Waals surface area contributed by atoms with Gasteiger partial charge in [-0.05, 0) is 43.5 Å². The molecule has 2 aromatic rings. The number of benzene rings is 1. The Morgan fingerprint density at radius 2 is 1.89 bits per heavy atom. The minimum absolute atomic E-state index is 0.367. The van der Waals surface area contributed by atoms with Crippen molar-refractivity contribution in [3.63, 3.8) is 0 Å². The predicted molar refractivity (Wildman–Crippen MR) is 78.8 cm³/mol. The molecule has 0 aliphatic rings. The van der Waals surface area contributed by atoms with Crippen molar-refractivity contribution in [3.05, 3.63) is 43.9 Å². The van der Waals surface area contributed by atoms with Crippen LogP contribution < -0.4 is 10.4 Å². The average molecular weight is 323 g/mol. The molecule has 1 heterocycles. The summed E-state index contributed by atoms with van der Waals surface area (Å²) in [5.41, 5.74) is 4.44. The lowest BCUT2D eigenvalue weighted by atomic mass is 9.97. The molecule has 2 rings (SSSR count). The fraction of sp³-hybridized carbons (Fsp3) is 0.286. The quantitative estimate of drug-likeness (QED) is 0.924. The van der Waals surface area contributed by atoms with Crippen molar-refractivity contribution in [2.45, 2.75) is 20.8 Å². The summed E-state index contributed by atoms with van der Waals surface area (Å²) < 4.78 is 6.55. The van der Waals surface area contributed by atoms with E-state index in [-0.39, 0.29) is 5.69 Å². The van der Waals surface area contributed by atoms with E-state index < -0.39 is 0 Å². The number of nitrogens with zero attached hydrogens (tertiary/aromatic N) is 1. The zero-order chi connectivity index (χ0) is 14.2. The van der Waals surface area contributed by atoms with Crippen LogP contribution in [-0.4, -0.2) is 17.1 Å². The van der Waals surface area contributed by atoms with Crippen molar-refractivity contribution < 1.29 is 4.74 Å². The minimum Gasteiger partial charge on any atom is -0.496 e. The van der Waals surface area contributed by atoms with Gasteiger partial charge in [-0.3, -0.25) is 0 Å². The molecule has 1 aromatic heterocycles. The lowest BCUT2D eigenvalue weighted by molar-refractivity contribution is 0.412. The van der Waals surface area contributed by atoms with Crippen molar-refractivity contribution in [1.29, 1.82) is 0 Å². The van der Waals surface area contributed by atoms with Gasteiger partial charge in [0, 0.05) is 16.2 Å². The molecule has 19 heavy (non-hydrogen) atoms. The van der Waals surface area contributed by atoms with Gasteiger partial charge in [0.05, 0.1) is 12.8 Å². The Hall–Kier alpha value is -1.62. The highest BCUT2D eigenvalue weighted by Gasteiger charge is 2.18. The van der Waals surface area contributed by atoms with Gasteiger partial charge >= 0.3 is 5.69 Å². The topological polar surface area (TPSA) is 55.0 Å². The first-order chi connectivity index (χ1) is 8.97. The molecule has 0 aliphatic carbocycles. The monoisotopic (exact) mass is 322 g/mol. The molecule has 0 spiro atoms. The van der Waals surface area contributed by atoms with Gasteiger partial charge in [-0.15, -0.1) is 0 Å². The molecule has 0 fully saturated rings. The van der Waals surface area contributed by atoms with E-state index in [9.17, 15) is 4.79 Å². The summed E-state index contributed by atoms with van der Waals surface area (Å²) in [7, 11) is 1.64. The van der Waals surface area contributed by atoms with Crippen LogP contribution in [0.15, 0.2) is 21.5 Å². The number of nitrogens with one attached hydrogen (secondary N) is 1. The summed E-state index contributed by atoms with van der Waals surface area (Å²) in [6, 6.07) is 1.77. The van der Waals surface area contributed by atoms with Crippen LogP contribution in [0.4, 0.5) is 0 Å². The molecule has 0 amide bonds. The summed E-state index contributed by atoms with van der Waals surface area (Å²) in [5, 5.41) is 0. The molecule has 0 unspecified atom stereocenters. The Kier molecular flexibility index (Phi) is 3.75. The average Bonchev–Trinajstić information content (AvgIpc) is 2.40. The molecule has 1 N–H and O–H groups in total. The number of aromatic nitrogens is 2. The molecule has 0 atom stereocenters. The van der Waals surface area contributed by atoms with Gasteiger partial charge in [-0.25, -0.2) is 9.78 Å². The predicted octanol–water partition coefficient (Wildman–Crippen LogP) is 3.13. The lowest BCUT2D eigenvalue weighted by Gasteiger charge is -2.18. The standard InChI is InChI=1S/C14H15BrN2O2/c1-7-8(2)13(19-4)11(9(3)12(7)15)10-5-6-16-14(18)17-10/h5-6H,1-4H3,(H,16,17,18). The zero-order valence-electron chi connectivity index (χ0n) is 11.3. The van der Waals surface area contributed by atoms with Crippen LogP contribution in [0.3, 0.4) is 0 Å². The van der Waals surface area contributed by atoms with Gasteiger partial charge in [-0.1, -0.05) is 15.9 Å². The molecular formula is C14H15BrN2O2. The van der Waals surface area contributed by atoms with E-state index in [0.717, 1.165) is 32.5 Å². The van der Waals surface area contributed by atoms with Crippen molar-refractivity contribution in [1.82, 2.24) is 9.97 Å². The lowest BCUT2D eigenvalue weighted by Crippen LogP contribution is -2.10. The number of methoxy groups -OCH3 is 1. The molecule has 0 aliphatic heterocycles. The van der Waals surface area contributed by atoms with Crippen LogP contribution in [0.2, 0.25) is 0 Å². The Bertz CT molecular complexity index is 693. The van der Waals surface area contributed by atoms with E-state index in [1.165, 1.54) is 6.20 Å². The van der Waals surface area contributed by atoms with Gasteiger partial charge < -0.3 is 9.72 Å². The highest BCUT2D eigenvalue weighted by molar-refractivity contribution is 9.10. The number of aromatic amines is 1. The van der Waals surface area contributed by atoms with Gasteiger partial charge in [0.25, 0.3) is 0 Å². The number of halogens is 1. The highest BCUT2D eigenvalue weighted by atomic mass is 79.9. The Morgan fingerprint density at radius 3 is 2.47 bits per heavy atom. The van der Waals surface area contributed by atoms with Crippen LogP contribution >= 0.6 is 15.9 Å². The minimum atomic E-state index is -0.367. The first-order valence-electron chi connectivity index (χ1n) is 5.86. The normalized spacial score (nSPS) is 10.6. The second kappa shape index (κ2) is 5.17. The van der Waals surface area contributed by atoms with Crippen molar-refractivity contribution in [2.75, 3.05) is 7.11 Å². The van der Waals surface area contributed by atoms with Crippen LogP contribution in [0.25, 0.3) is 11.3 Å². The first kappa shape index (κ1) is 13.8. The van der Waals surface area contributed by atoms with Gasteiger partial charge in [0.2, 0.25) is 0 Å². The van der Waals surface area contributed by atoms with Crippen molar-refractivity contribution in [3.8, 4) is 17.0 Å². The van der Waals surface area contributed by atoms with E-state index in [2.05, 4.69) is 25.9 Å². The maximum absolute atomic E-state index is 11.4. The highest BCUT2D eigenvalue weighted by Crippen LogP contribution is 2.41. The van der Waals surface area contributed by atoms with Crippen molar-refractivity contribution in [2.24, 2.45) is 0 Å². The number of H-pyrrole nitrogens is 1. The SMILES string of the molecule is COc1c(C)c(C)c(Br)c(C)c1-c1ccnc(=O)[nH]1. The summed E-state index contributed by atoms with van der Waals surface area (Å²) in [6.07, 6.45) is 1.50. The Morgan fingerprint density at radius 1 is 1.21 bits per heavy atom. The third-order valence-corrected chi connectivity index (χ3v) is 4.50. The fourth-order valence-electron chi connectivity index (χ4n) is 2.18. The summed E-state index contributed by atoms with van der Waals surface area (Å²) in [4.78, 5) is 17.8. The maximum atomic E-state index is 11.4. The second-order valence-corrected chi connectivity index (χ2v) is 5.18. The van der Waals surface area contributed by atoms with Gasteiger partial charge in [-0.2, -0.15) is 0 Å². The van der Waals surface area contributed by atoms with Crippen molar-refractivity contribution >= 4 is 15.9 Å². The maximum Gasteiger partial charge on any atom is 0.345 e. The summed E-state index contributed by atoms with van der Waals surface area (Å²) in [5.74, 6) is 0.778. The molecular weight excluding hydrogens is 308 g/mol. The molecule has 0 bridgehead atoms. The van der Waals surface area contributed by atoms with Crippen LogP contribution in [0, 0.1) is 20.8 Å². The fourth-order valence-corrected chi connectivity index (χ4v) is 2.67. The van der Waals surface area contributed by atoms with Crippen LogP contribution in [0.5, 0.6) is 5.75 Å². The Balaban J connectivity index is 2.86. The smallest absolute Gasteiger partial charge is 0.345 e. The number of rotatable bonds is 2. The first-order valence-corrected chi connectivity index (χ1v) is 6.65. The van der Waals surface area contributed by atoms with E-state index in [0.29, 0.717) is 5.69 Å². The van der Waals surface area contributed by atoms with E-state index >= 15 is 0 Å². The number of ether oxygens (including phenoxy) is 1. The van der Waals surface area contributed by atoms with Gasteiger partial charge in [0.1, 0.15) is 5.75 Å². The summed E-state index contributed by atoms with van der Waals surface area (Å²) in [6.45, 7) is 6.03. The number of hydrogen-bond donors (Lipinski definition) is 1. The molecule has 0 saturated carbocycles. The molecule has 100 valence electrons. The molecule has 0 saturated heterocycles. The van der Waals surface area contributed by atoms with E-state index in [4.69, 9.17) is 4.74 Å². The largest absolute Gasteiger partial charge is 0.496 e. The van der Waals surface area contributed by atoms with Crippen LogP contribution in [-0.2, 0) is 0 Å². The molecule has 4 nitrogen and oxygen atoms in total. The third kappa shape index (κ3) is 2.30. The van der Waals surface area contributed by atoms with E-state index in [1.54, 1.807) is 13.2 Å². The molecule has 5 heteroatoms. The summed E-state index contributed by atoms with van der Waals surface area (Å²) >= 11 is 3.60. The number of hydrogen-bond acceptors (Lipinski definition) is 3. The zero-order valence-corrected chi connectivity index (χ0v) is 12.9. The van der Waals surface area contributed by atoms with E-state index in [1.807, 2.05) is 20.8 Å². The molecule has 1 aromatic carbocycles. The second-order valence-electron chi connectivity index (χ2n) is 4.39.